The van der Waals surface area contributed by atoms with Crippen LogP contribution in [0, 0.1) is 29.1 Å². The zero-order valence-electron chi connectivity index (χ0n) is 25.6. The molecule has 3 N–H and O–H groups in total. The Morgan fingerprint density at radius 3 is 2.51 bits per heavy atom. The number of hydrogen-bond donors (Lipinski definition) is 3. The molecule has 1 saturated heterocycles. The molecule has 0 spiro atoms. The van der Waals surface area contributed by atoms with Crippen molar-refractivity contribution in [2.45, 2.75) is 91.1 Å². The lowest BCUT2D eigenvalue weighted by molar-refractivity contribution is -0.183. The fourth-order valence-electron chi connectivity index (χ4n) is 7.90. The number of benzene rings is 2. The summed E-state index contributed by atoms with van der Waals surface area (Å²) in [7, 11) is 1.66. The van der Waals surface area contributed by atoms with Crippen molar-refractivity contribution in [1.82, 2.24) is 10.4 Å². The molecule has 3 saturated carbocycles. The largest absolute Gasteiger partial charge is 0.496 e. The number of carbonyl (C=O) groups excluding carboxylic acids is 1. The van der Waals surface area contributed by atoms with Crippen LogP contribution in [0.2, 0.25) is 0 Å². The van der Waals surface area contributed by atoms with Crippen molar-refractivity contribution >= 4 is 5.91 Å². The lowest BCUT2D eigenvalue weighted by atomic mass is 9.45. The fourth-order valence-corrected chi connectivity index (χ4v) is 7.90. The van der Waals surface area contributed by atoms with Crippen LogP contribution >= 0.6 is 0 Å². The molecule has 2 aromatic carbocycles. The second-order valence-electron chi connectivity index (χ2n) is 13.5. The predicted octanol–water partition coefficient (Wildman–Crippen LogP) is 5.15. The number of methoxy groups -OCH3 is 1. The molecule has 0 aromatic heterocycles. The highest BCUT2D eigenvalue weighted by molar-refractivity contribution is 5.83. The summed E-state index contributed by atoms with van der Waals surface area (Å²) in [5.74, 6) is 2.00. The Morgan fingerprint density at radius 2 is 1.90 bits per heavy atom. The summed E-state index contributed by atoms with van der Waals surface area (Å²) in [6.45, 7) is 13.0. The van der Waals surface area contributed by atoms with Crippen LogP contribution in [0.15, 0.2) is 42.5 Å². The second-order valence-corrected chi connectivity index (χ2v) is 13.5. The molecule has 1 heterocycles. The Kier molecular flexibility index (Phi) is 8.55. The van der Waals surface area contributed by atoms with Crippen LogP contribution in [-0.4, -0.2) is 59.2 Å². The van der Waals surface area contributed by atoms with Gasteiger partial charge in [0.25, 0.3) is 0 Å². The highest BCUT2D eigenvalue weighted by Crippen LogP contribution is 2.61. The van der Waals surface area contributed by atoms with Gasteiger partial charge in [-0.3, -0.25) is 9.63 Å². The van der Waals surface area contributed by atoms with Gasteiger partial charge in [-0.15, -0.1) is 0 Å². The summed E-state index contributed by atoms with van der Waals surface area (Å²) in [4.78, 5) is 20.2. The number of nitrogens with one attached hydrogen (secondary N) is 1. The average molecular weight is 565 g/mol. The lowest BCUT2D eigenvalue weighted by Gasteiger charge is -2.62. The number of aliphatic hydroxyl groups is 2. The van der Waals surface area contributed by atoms with Crippen molar-refractivity contribution < 1.29 is 24.6 Å². The summed E-state index contributed by atoms with van der Waals surface area (Å²) < 4.78 is 5.95. The normalized spacial score (nSPS) is 31.5. The number of nitrogens with zero attached hydrogens (tertiary/aromatic N) is 1. The number of fused-ring (bicyclic) bond motifs is 2. The van der Waals surface area contributed by atoms with Crippen LogP contribution in [0.4, 0.5) is 0 Å². The van der Waals surface area contributed by atoms with Gasteiger partial charge >= 0.3 is 0 Å². The molecule has 4 fully saturated rings. The zero-order chi connectivity index (χ0) is 29.6. The number of aliphatic hydroxyl groups excluding tert-OH is 2. The van der Waals surface area contributed by atoms with Gasteiger partial charge in [-0.05, 0) is 60.0 Å². The van der Waals surface area contributed by atoms with E-state index in [1.807, 2.05) is 18.2 Å². The molecular weight excluding hydrogens is 516 g/mol. The van der Waals surface area contributed by atoms with Gasteiger partial charge in [-0.25, -0.2) is 0 Å². The predicted molar refractivity (Wildman–Crippen MR) is 160 cm³/mol. The molecule has 7 nitrogen and oxygen atoms in total. The molecule has 1 amide bonds. The Labute approximate surface area is 245 Å². The third kappa shape index (κ3) is 5.42. The fraction of sp³-hybridized carbons (Fsp3) is 0.618. The summed E-state index contributed by atoms with van der Waals surface area (Å²) in [5, 5.41) is 26.0. The van der Waals surface area contributed by atoms with E-state index in [1.165, 1.54) is 12.0 Å². The maximum absolute atomic E-state index is 14.0. The SMILES string of the molecule is COc1c(CN2O[C@@H](CO)[C@@H]([C@H](C)O)C2C(=O)N[C@H]2C[C@H]3C[C@@H]([C@@H]2C)C3(C)C)cccc1-c1cccc(C(C)C)c1. The number of ether oxygens (including phenoxy) is 1. The Balaban J connectivity index is 1.43. The van der Waals surface area contributed by atoms with E-state index in [0.29, 0.717) is 29.1 Å². The van der Waals surface area contributed by atoms with Gasteiger partial charge in [0.2, 0.25) is 5.91 Å². The van der Waals surface area contributed by atoms with E-state index in [-0.39, 0.29) is 25.1 Å². The zero-order valence-corrected chi connectivity index (χ0v) is 25.6. The van der Waals surface area contributed by atoms with E-state index < -0.39 is 24.2 Å². The first-order chi connectivity index (χ1) is 19.5. The maximum Gasteiger partial charge on any atom is 0.240 e. The highest BCUT2D eigenvalue weighted by atomic mass is 16.7. The first kappa shape index (κ1) is 30.0. The molecule has 41 heavy (non-hydrogen) atoms. The standard InChI is InChI=1S/C34H48N2O5/c1-19(2)22-10-8-11-23(14-22)26-13-9-12-24(32(26)40-7)17-36-31(30(21(4)38)29(18-37)41-36)33(39)35-28-16-25-15-27(20(28)3)34(25,5)6/h8-14,19-21,25,27-31,37-38H,15-18H2,1-7H3,(H,35,39)/t20-,21-,25+,27-,28-,29-,30+,31?/m0/s1. The first-order valence-electron chi connectivity index (χ1n) is 15.3. The number of amides is 1. The van der Waals surface area contributed by atoms with Crippen molar-refractivity contribution in [3.63, 3.8) is 0 Å². The molecule has 224 valence electrons. The molecule has 3 aliphatic carbocycles. The maximum atomic E-state index is 14.0. The monoisotopic (exact) mass is 564 g/mol. The molecule has 2 bridgehead atoms. The number of hydrogen-bond acceptors (Lipinski definition) is 6. The summed E-state index contributed by atoms with van der Waals surface area (Å²) in [6.07, 6.45) is 0.686. The number of para-hydroxylation sites is 1. The van der Waals surface area contributed by atoms with Gasteiger partial charge < -0.3 is 20.3 Å². The third-order valence-electron chi connectivity index (χ3n) is 10.6. The van der Waals surface area contributed by atoms with E-state index in [1.54, 1.807) is 19.1 Å². The van der Waals surface area contributed by atoms with E-state index in [4.69, 9.17) is 9.57 Å². The summed E-state index contributed by atoms with van der Waals surface area (Å²) >= 11 is 0. The Bertz CT molecular complexity index is 1240. The molecule has 4 aliphatic rings. The summed E-state index contributed by atoms with van der Waals surface area (Å²) in [6, 6.07) is 13.8. The van der Waals surface area contributed by atoms with Gasteiger partial charge in [0.05, 0.1) is 26.4 Å². The summed E-state index contributed by atoms with van der Waals surface area (Å²) in [5.41, 5.74) is 4.47. The minimum Gasteiger partial charge on any atom is -0.496 e. The number of hydroxylamine groups is 2. The minimum absolute atomic E-state index is 0.0926. The van der Waals surface area contributed by atoms with Crippen LogP contribution < -0.4 is 10.1 Å². The number of rotatable bonds is 9. The molecule has 6 rings (SSSR count). The van der Waals surface area contributed by atoms with Crippen molar-refractivity contribution in [1.29, 1.82) is 0 Å². The van der Waals surface area contributed by atoms with Crippen LogP contribution in [0.25, 0.3) is 11.1 Å². The van der Waals surface area contributed by atoms with E-state index in [2.05, 4.69) is 64.2 Å². The smallest absolute Gasteiger partial charge is 0.240 e. The Morgan fingerprint density at radius 1 is 1.17 bits per heavy atom. The quantitative estimate of drug-likeness (QED) is 0.391. The van der Waals surface area contributed by atoms with E-state index in [9.17, 15) is 15.0 Å². The lowest BCUT2D eigenvalue weighted by Crippen LogP contribution is -2.62. The topological polar surface area (TPSA) is 91.3 Å². The van der Waals surface area contributed by atoms with Crippen molar-refractivity contribution in [3.8, 4) is 16.9 Å². The van der Waals surface area contributed by atoms with E-state index in [0.717, 1.165) is 28.9 Å². The van der Waals surface area contributed by atoms with Crippen LogP contribution in [0.3, 0.4) is 0 Å². The van der Waals surface area contributed by atoms with Gasteiger partial charge in [-0.1, -0.05) is 77.1 Å². The van der Waals surface area contributed by atoms with Crippen molar-refractivity contribution in [3.05, 3.63) is 53.6 Å². The van der Waals surface area contributed by atoms with Gasteiger partial charge in [0.15, 0.2) is 0 Å². The van der Waals surface area contributed by atoms with Gasteiger partial charge in [0.1, 0.15) is 17.9 Å². The minimum atomic E-state index is -0.837. The highest BCUT2D eigenvalue weighted by Gasteiger charge is 2.57. The average Bonchev–Trinajstić information content (AvgIpc) is 3.32. The van der Waals surface area contributed by atoms with Crippen molar-refractivity contribution in [2.75, 3.05) is 13.7 Å². The second kappa shape index (κ2) is 11.7. The first-order valence-corrected chi connectivity index (χ1v) is 15.3. The van der Waals surface area contributed by atoms with Crippen molar-refractivity contribution in [2.24, 2.45) is 29.1 Å². The molecule has 8 atom stereocenters. The third-order valence-corrected chi connectivity index (χ3v) is 10.6. The van der Waals surface area contributed by atoms with Gasteiger partial charge in [-0.2, -0.15) is 5.06 Å². The van der Waals surface area contributed by atoms with Crippen LogP contribution in [0.5, 0.6) is 5.75 Å². The molecular formula is C34H48N2O5. The molecule has 2 aromatic rings. The van der Waals surface area contributed by atoms with E-state index >= 15 is 0 Å². The molecule has 1 unspecified atom stereocenters. The van der Waals surface area contributed by atoms with Crippen LogP contribution in [0.1, 0.15) is 71.4 Å². The Hall–Kier alpha value is -2.45. The molecule has 0 radical (unpaired) electrons. The molecule has 7 heteroatoms. The van der Waals surface area contributed by atoms with Crippen LogP contribution in [-0.2, 0) is 16.2 Å². The number of carbonyl (C=O) groups is 1. The van der Waals surface area contributed by atoms with Gasteiger partial charge in [0, 0.05) is 23.1 Å². The molecule has 1 aliphatic heterocycles.